The third-order valence-electron chi connectivity index (χ3n) is 5.19. The molecule has 0 fully saturated rings. The summed E-state index contributed by atoms with van der Waals surface area (Å²) in [5.41, 5.74) is 3.30. The van der Waals surface area contributed by atoms with E-state index in [1.165, 1.54) is 4.90 Å². The number of nitrogens with one attached hydrogen (secondary N) is 1. The molecule has 3 aromatic rings. The van der Waals surface area contributed by atoms with Crippen LogP contribution in [0.3, 0.4) is 0 Å². The Morgan fingerprint density at radius 3 is 2.67 bits per heavy atom. The molecule has 0 spiro atoms. The first-order valence-corrected chi connectivity index (χ1v) is 8.93. The number of aliphatic carboxylic acids is 1. The van der Waals surface area contributed by atoms with Gasteiger partial charge in [0.1, 0.15) is 11.8 Å². The summed E-state index contributed by atoms with van der Waals surface area (Å²) < 4.78 is 0. The number of fused-ring (bicyclic) bond motifs is 3. The fraction of sp³-hybridized carbons (Fsp3) is 0.238. The molecule has 4 rings (SSSR count). The van der Waals surface area contributed by atoms with Crippen molar-refractivity contribution in [1.29, 1.82) is 0 Å². The Morgan fingerprint density at radius 2 is 1.96 bits per heavy atom. The minimum absolute atomic E-state index is 0.0755. The van der Waals surface area contributed by atoms with Crippen molar-refractivity contribution in [2.75, 3.05) is 0 Å². The Labute approximate surface area is 156 Å². The monoisotopic (exact) mass is 364 g/mol. The quantitative estimate of drug-likeness (QED) is 0.665. The molecule has 1 aromatic heterocycles. The van der Waals surface area contributed by atoms with Crippen molar-refractivity contribution in [1.82, 2.24) is 9.88 Å². The van der Waals surface area contributed by atoms with Gasteiger partial charge < -0.3 is 20.1 Å². The van der Waals surface area contributed by atoms with Crippen LogP contribution in [0.25, 0.3) is 10.9 Å². The molecule has 138 valence electrons. The fourth-order valence-electron chi connectivity index (χ4n) is 4.01. The molecule has 6 heteroatoms. The van der Waals surface area contributed by atoms with E-state index in [-0.39, 0.29) is 24.5 Å². The molecule has 2 unspecified atom stereocenters. The molecule has 6 nitrogen and oxygen atoms in total. The molecule has 0 saturated carbocycles. The standard InChI is InChI=1S/C21H20N2O4/c1-2-18(25)23-17(21(26)27)11-15-14-8-3-4-9-16(14)22-19(15)20(23)12-6-5-7-13(24)10-12/h3-10,17,20,22,24H,2,11H2,1H3,(H,26,27). The topological polar surface area (TPSA) is 93.6 Å². The second-order valence-corrected chi connectivity index (χ2v) is 6.77. The van der Waals surface area contributed by atoms with Crippen LogP contribution in [-0.4, -0.2) is 38.0 Å². The number of rotatable bonds is 3. The van der Waals surface area contributed by atoms with Crippen molar-refractivity contribution in [3.05, 3.63) is 65.4 Å². The minimum atomic E-state index is -1.03. The number of nitrogens with zero attached hydrogens (tertiary/aromatic N) is 1. The van der Waals surface area contributed by atoms with Crippen LogP contribution in [0.5, 0.6) is 5.75 Å². The zero-order chi connectivity index (χ0) is 19.1. The van der Waals surface area contributed by atoms with Crippen molar-refractivity contribution < 1.29 is 19.8 Å². The molecule has 1 aliphatic rings. The first-order valence-electron chi connectivity index (χ1n) is 8.93. The first kappa shape index (κ1) is 17.1. The van der Waals surface area contributed by atoms with Crippen molar-refractivity contribution in [3.8, 4) is 5.75 Å². The summed E-state index contributed by atoms with van der Waals surface area (Å²) in [7, 11) is 0. The average Bonchev–Trinajstić information content (AvgIpc) is 3.04. The lowest BCUT2D eigenvalue weighted by atomic mass is 9.87. The number of carboxylic acids is 1. The Hall–Kier alpha value is -3.28. The largest absolute Gasteiger partial charge is 0.508 e. The van der Waals surface area contributed by atoms with Crippen LogP contribution in [0.2, 0.25) is 0 Å². The molecule has 0 bridgehead atoms. The van der Waals surface area contributed by atoms with E-state index >= 15 is 0 Å². The van der Waals surface area contributed by atoms with E-state index in [4.69, 9.17) is 0 Å². The van der Waals surface area contributed by atoms with Crippen LogP contribution in [0.4, 0.5) is 0 Å². The van der Waals surface area contributed by atoms with Gasteiger partial charge in [-0.05, 0) is 29.3 Å². The number of H-pyrrole nitrogens is 1. The smallest absolute Gasteiger partial charge is 0.326 e. The number of para-hydroxylation sites is 1. The van der Waals surface area contributed by atoms with Crippen molar-refractivity contribution >= 4 is 22.8 Å². The first-order chi connectivity index (χ1) is 13.0. The molecule has 1 aliphatic heterocycles. The number of hydrogen-bond acceptors (Lipinski definition) is 3. The van der Waals surface area contributed by atoms with E-state index in [1.54, 1.807) is 31.2 Å². The molecular formula is C21H20N2O4. The second kappa shape index (κ2) is 6.46. The number of aromatic amines is 1. The van der Waals surface area contributed by atoms with Gasteiger partial charge in [0.2, 0.25) is 5.91 Å². The normalized spacial score (nSPS) is 19.1. The van der Waals surface area contributed by atoms with Gasteiger partial charge in [-0.2, -0.15) is 0 Å². The summed E-state index contributed by atoms with van der Waals surface area (Å²) in [4.78, 5) is 29.6. The molecule has 3 N–H and O–H groups in total. The van der Waals surface area contributed by atoms with E-state index in [2.05, 4.69) is 4.98 Å². The molecule has 2 atom stereocenters. The predicted octanol–water partition coefficient (Wildman–Crippen LogP) is 3.21. The Morgan fingerprint density at radius 1 is 1.19 bits per heavy atom. The van der Waals surface area contributed by atoms with E-state index in [9.17, 15) is 19.8 Å². The highest BCUT2D eigenvalue weighted by Gasteiger charge is 2.43. The summed E-state index contributed by atoms with van der Waals surface area (Å²) >= 11 is 0. The summed E-state index contributed by atoms with van der Waals surface area (Å²) in [6.07, 6.45) is 0.449. The van der Waals surface area contributed by atoms with Crippen LogP contribution < -0.4 is 0 Å². The number of aromatic hydroxyl groups is 1. The van der Waals surface area contributed by atoms with Crippen LogP contribution >= 0.6 is 0 Å². The number of amides is 1. The van der Waals surface area contributed by atoms with Gasteiger partial charge in [-0.25, -0.2) is 4.79 Å². The minimum Gasteiger partial charge on any atom is -0.508 e. The molecule has 27 heavy (non-hydrogen) atoms. The van der Waals surface area contributed by atoms with Gasteiger partial charge in [-0.1, -0.05) is 37.3 Å². The van der Waals surface area contributed by atoms with E-state index < -0.39 is 18.1 Å². The Kier molecular flexibility index (Phi) is 4.11. The summed E-state index contributed by atoms with van der Waals surface area (Å²) in [5, 5.41) is 20.8. The summed E-state index contributed by atoms with van der Waals surface area (Å²) in [5.74, 6) is -1.19. The molecule has 0 radical (unpaired) electrons. The van der Waals surface area contributed by atoms with Crippen molar-refractivity contribution in [3.63, 3.8) is 0 Å². The van der Waals surface area contributed by atoms with E-state index in [1.807, 2.05) is 24.3 Å². The van der Waals surface area contributed by atoms with Crippen LogP contribution in [-0.2, 0) is 16.0 Å². The number of phenolic OH excluding ortho intramolecular Hbond substituents is 1. The number of hydrogen-bond donors (Lipinski definition) is 3. The van der Waals surface area contributed by atoms with Gasteiger partial charge in [0.05, 0.1) is 6.04 Å². The van der Waals surface area contributed by atoms with E-state index in [0.29, 0.717) is 5.56 Å². The number of carbonyl (C=O) groups excluding carboxylic acids is 1. The van der Waals surface area contributed by atoms with Crippen LogP contribution in [0, 0.1) is 0 Å². The highest BCUT2D eigenvalue weighted by atomic mass is 16.4. The highest BCUT2D eigenvalue weighted by Crippen LogP contribution is 2.41. The maximum Gasteiger partial charge on any atom is 0.326 e. The fourth-order valence-corrected chi connectivity index (χ4v) is 4.01. The molecule has 0 aliphatic carbocycles. The lowest BCUT2D eigenvalue weighted by Gasteiger charge is -2.40. The molecule has 0 saturated heterocycles. The summed E-state index contributed by atoms with van der Waals surface area (Å²) in [6, 6.07) is 12.8. The Balaban J connectivity index is 2.00. The lowest BCUT2D eigenvalue weighted by molar-refractivity contribution is -0.152. The maximum absolute atomic E-state index is 12.8. The second-order valence-electron chi connectivity index (χ2n) is 6.77. The zero-order valence-electron chi connectivity index (χ0n) is 14.8. The zero-order valence-corrected chi connectivity index (χ0v) is 14.8. The van der Waals surface area contributed by atoms with Crippen molar-refractivity contribution in [2.24, 2.45) is 0 Å². The third-order valence-corrected chi connectivity index (χ3v) is 5.19. The van der Waals surface area contributed by atoms with Crippen molar-refractivity contribution in [2.45, 2.75) is 31.8 Å². The van der Waals surface area contributed by atoms with Gasteiger partial charge in [-0.15, -0.1) is 0 Å². The predicted molar refractivity (Wildman–Crippen MR) is 101 cm³/mol. The van der Waals surface area contributed by atoms with Gasteiger partial charge in [-0.3, -0.25) is 4.79 Å². The van der Waals surface area contributed by atoms with Crippen LogP contribution in [0.1, 0.15) is 36.2 Å². The van der Waals surface area contributed by atoms with Crippen LogP contribution in [0.15, 0.2) is 48.5 Å². The average molecular weight is 364 g/mol. The SMILES string of the molecule is CCC(=O)N1C(C(=O)O)Cc2c([nH]c3ccccc23)C1c1cccc(O)c1. The van der Waals surface area contributed by atoms with Gasteiger partial charge >= 0.3 is 5.97 Å². The molecule has 2 heterocycles. The van der Waals surface area contributed by atoms with Gasteiger partial charge in [0, 0.05) is 29.4 Å². The lowest BCUT2D eigenvalue weighted by Crippen LogP contribution is -2.51. The highest BCUT2D eigenvalue weighted by molar-refractivity contribution is 5.90. The molecule has 2 aromatic carbocycles. The number of carboxylic acid groups (broad SMARTS) is 1. The number of benzene rings is 2. The summed E-state index contributed by atoms with van der Waals surface area (Å²) in [6.45, 7) is 1.72. The van der Waals surface area contributed by atoms with Gasteiger partial charge in [0.25, 0.3) is 0 Å². The molecular weight excluding hydrogens is 344 g/mol. The van der Waals surface area contributed by atoms with Gasteiger partial charge in [0.15, 0.2) is 0 Å². The third kappa shape index (κ3) is 2.73. The number of carbonyl (C=O) groups is 2. The molecule has 1 amide bonds. The number of aromatic nitrogens is 1. The number of phenols is 1. The Bertz CT molecular complexity index is 1040. The maximum atomic E-state index is 12.8. The van der Waals surface area contributed by atoms with E-state index in [0.717, 1.165) is 22.2 Å².